The average Bonchev–Trinajstić information content (AvgIpc) is 3.26. The van der Waals surface area contributed by atoms with Gasteiger partial charge in [0.25, 0.3) is 0 Å². The van der Waals surface area contributed by atoms with Gasteiger partial charge in [-0.1, -0.05) is 0 Å². The minimum absolute atomic E-state index is 0.268. The molecule has 2 saturated carbocycles. The Bertz CT molecular complexity index is 1010. The van der Waals surface area contributed by atoms with Gasteiger partial charge in [-0.05, 0) is 63.9 Å². The second-order valence-corrected chi connectivity index (χ2v) is 9.73. The molecule has 3 aromatic rings. The Morgan fingerprint density at radius 1 is 1.20 bits per heavy atom. The number of anilines is 2. The van der Waals surface area contributed by atoms with Crippen LogP contribution >= 0.6 is 11.3 Å². The maximum absolute atomic E-state index is 9.99. The first-order valence-electron chi connectivity index (χ1n) is 10.8. The molecule has 3 heterocycles. The van der Waals surface area contributed by atoms with Crippen LogP contribution in [0.2, 0.25) is 0 Å². The zero-order valence-electron chi connectivity index (χ0n) is 17.4. The number of thiazole rings is 1. The van der Waals surface area contributed by atoms with Gasteiger partial charge in [-0.2, -0.15) is 4.98 Å². The van der Waals surface area contributed by atoms with Gasteiger partial charge in [0.05, 0.1) is 28.3 Å². The summed E-state index contributed by atoms with van der Waals surface area (Å²) in [5, 5.41) is 18.0. The maximum atomic E-state index is 9.99. The first-order valence-corrected chi connectivity index (χ1v) is 11.7. The van der Waals surface area contributed by atoms with Gasteiger partial charge in [-0.15, -0.1) is 11.3 Å². The zero-order chi connectivity index (χ0) is 20.7. The highest BCUT2D eigenvalue weighted by atomic mass is 32.1. The standard InChI is InChI=1S/C22H28N6OS/c1-12-19(21-27-17-11-23-8-7-18(17)30-21)20(26-16-6-5-15(9-16)13(2)29)28-22(25-12)24-10-14-3-4-14/h7-8,11,13-16,29H,3-6,9-10H2,1-2H3,(H2,24,25,26,28)/t13?,15-,16-/m0/s1. The molecule has 3 N–H and O–H groups in total. The second-order valence-electron chi connectivity index (χ2n) is 8.70. The Labute approximate surface area is 180 Å². The smallest absolute Gasteiger partial charge is 0.224 e. The summed E-state index contributed by atoms with van der Waals surface area (Å²) in [5.74, 6) is 2.61. The van der Waals surface area contributed by atoms with Gasteiger partial charge in [0.15, 0.2) is 0 Å². The highest BCUT2D eigenvalue weighted by Gasteiger charge is 2.29. The van der Waals surface area contributed by atoms with Gasteiger partial charge in [0.2, 0.25) is 5.95 Å². The molecular formula is C22H28N6OS. The van der Waals surface area contributed by atoms with Crippen LogP contribution in [0.15, 0.2) is 18.5 Å². The Kier molecular flexibility index (Phi) is 5.28. The number of nitrogens with one attached hydrogen (secondary N) is 2. The fraction of sp³-hybridized carbons (Fsp3) is 0.545. The number of rotatable bonds is 7. The molecule has 0 bridgehead atoms. The van der Waals surface area contributed by atoms with Gasteiger partial charge in [-0.25, -0.2) is 9.97 Å². The van der Waals surface area contributed by atoms with Crippen LogP contribution < -0.4 is 10.6 Å². The van der Waals surface area contributed by atoms with Crippen molar-refractivity contribution in [3.63, 3.8) is 0 Å². The van der Waals surface area contributed by atoms with Gasteiger partial charge in [0, 0.05) is 18.8 Å². The lowest BCUT2D eigenvalue weighted by Gasteiger charge is -2.19. The zero-order valence-corrected chi connectivity index (χ0v) is 18.2. The molecule has 3 aromatic heterocycles. The predicted molar refractivity (Wildman–Crippen MR) is 121 cm³/mol. The summed E-state index contributed by atoms with van der Waals surface area (Å²) in [7, 11) is 0. The largest absolute Gasteiger partial charge is 0.393 e. The SMILES string of the molecule is Cc1nc(NCC2CC2)nc(N[C@H]2CC[C@H](C(C)O)C2)c1-c1nc2cnccc2s1. The molecule has 1 unspecified atom stereocenters. The minimum atomic E-state index is -0.268. The Morgan fingerprint density at radius 2 is 2.07 bits per heavy atom. The summed E-state index contributed by atoms with van der Waals surface area (Å²) in [6, 6.07) is 2.29. The number of nitrogens with zero attached hydrogens (tertiary/aromatic N) is 4. The lowest BCUT2D eigenvalue weighted by molar-refractivity contribution is 0.128. The molecule has 3 atom stereocenters. The molecule has 0 spiro atoms. The Hall–Kier alpha value is -2.32. The van der Waals surface area contributed by atoms with Crippen molar-refractivity contribution >= 4 is 33.3 Å². The number of hydrogen-bond donors (Lipinski definition) is 3. The molecule has 7 nitrogen and oxygen atoms in total. The number of aryl methyl sites for hydroxylation is 1. The number of hydrogen-bond acceptors (Lipinski definition) is 8. The van der Waals surface area contributed by atoms with Gasteiger partial charge in [0.1, 0.15) is 16.3 Å². The summed E-state index contributed by atoms with van der Waals surface area (Å²) in [4.78, 5) is 18.6. The molecule has 30 heavy (non-hydrogen) atoms. The second kappa shape index (κ2) is 8.07. The summed E-state index contributed by atoms with van der Waals surface area (Å²) >= 11 is 1.64. The van der Waals surface area contributed by atoms with E-state index < -0.39 is 0 Å². The monoisotopic (exact) mass is 424 g/mol. The molecule has 5 rings (SSSR count). The van der Waals surface area contributed by atoms with Gasteiger partial charge >= 0.3 is 0 Å². The highest BCUT2D eigenvalue weighted by molar-refractivity contribution is 7.21. The summed E-state index contributed by atoms with van der Waals surface area (Å²) in [5.41, 5.74) is 2.78. The van der Waals surface area contributed by atoms with E-state index in [0.29, 0.717) is 17.9 Å². The lowest BCUT2D eigenvalue weighted by Crippen LogP contribution is -2.21. The molecular weight excluding hydrogens is 396 g/mol. The van der Waals surface area contributed by atoms with Crippen molar-refractivity contribution < 1.29 is 5.11 Å². The number of fused-ring (bicyclic) bond motifs is 1. The molecule has 2 aliphatic carbocycles. The molecule has 2 aliphatic rings. The Balaban J connectivity index is 1.49. The van der Waals surface area contributed by atoms with Crippen LogP contribution in [0.5, 0.6) is 0 Å². The molecule has 158 valence electrons. The van der Waals surface area contributed by atoms with Crippen molar-refractivity contribution in [1.82, 2.24) is 19.9 Å². The number of pyridine rings is 1. The van der Waals surface area contributed by atoms with Crippen molar-refractivity contribution in [2.75, 3.05) is 17.2 Å². The number of aliphatic hydroxyl groups excluding tert-OH is 1. The van der Waals surface area contributed by atoms with E-state index in [1.54, 1.807) is 23.7 Å². The van der Waals surface area contributed by atoms with Crippen molar-refractivity contribution in [3.05, 3.63) is 24.2 Å². The number of aromatic nitrogens is 4. The van der Waals surface area contributed by atoms with E-state index in [0.717, 1.165) is 64.0 Å². The molecule has 8 heteroatoms. The summed E-state index contributed by atoms with van der Waals surface area (Å²) in [6.07, 6.45) is 8.93. The van der Waals surface area contributed by atoms with E-state index in [2.05, 4.69) is 15.6 Å². The number of aliphatic hydroxyl groups is 1. The summed E-state index contributed by atoms with van der Waals surface area (Å²) in [6.45, 7) is 4.85. The lowest BCUT2D eigenvalue weighted by atomic mass is 10.0. The van der Waals surface area contributed by atoms with Crippen LogP contribution in [0.25, 0.3) is 20.8 Å². The fourth-order valence-corrected chi connectivity index (χ4v) is 5.27. The van der Waals surface area contributed by atoms with Gasteiger partial charge < -0.3 is 15.7 Å². The third-order valence-corrected chi connectivity index (χ3v) is 7.29. The van der Waals surface area contributed by atoms with Crippen LogP contribution in [0.3, 0.4) is 0 Å². The van der Waals surface area contributed by atoms with Crippen molar-refractivity contribution in [2.45, 2.75) is 58.1 Å². The molecule has 0 radical (unpaired) electrons. The third kappa shape index (κ3) is 4.11. The topological polar surface area (TPSA) is 95.9 Å². The quantitative estimate of drug-likeness (QED) is 0.522. The molecule has 2 fully saturated rings. The third-order valence-electron chi connectivity index (χ3n) is 6.24. The predicted octanol–water partition coefficient (Wildman–Crippen LogP) is 4.24. The molecule has 0 aromatic carbocycles. The first kappa shape index (κ1) is 19.6. The maximum Gasteiger partial charge on any atom is 0.224 e. The van der Waals surface area contributed by atoms with Gasteiger partial charge in [-0.3, -0.25) is 4.98 Å². The average molecular weight is 425 g/mol. The van der Waals surface area contributed by atoms with Crippen LogP contribution in [0.1, 0.15) is 44.7 Å². The minimum Gasteiger partial charge on any atom is -0.393 e. The van der Waals surface area contributed by atoms with E-state index in [4.69, 9.17) is 15.0 Å². The van der Waals surface area contributed by atoms with Crippen LogP contribution in [-0.2, 0) is 0 Å². The van der Waals surface area contributed by atoms with E-state index in [9.17, 15) is 5.11 Å². The molecule has 0 amide bonds. The van der Waals surface area contributed by atoms with E-state index >= 15 is 0 Å². The molecule has 0 saturated heterocycles. The van der Waals surface area contributed by atoms with E-state index in [1.165, 1.54) is 12.8 Å². The van der Waals surface area contributed by atoms with Crippen LogP contribution in [-0.4, -0.2) is 43.7 Å². The van der Waals surface area contributed by atoms with E-state index in [1.807, 2.05) is 19.9 Å². The van der Waals surface area contributed by atoms with Crippen LogP contribution in [0, 0.1) is 18.8 Å². The summed E-state index contributed by atoms with van der Waals surface area (Å²) < 4.78 is 1.11. The fourth-order valence-electron chi connectivity index (χ4n) is 4.24. The van der Waals surface area contributed by atoms with Crippen molar-refractivity contribution in [2.24, 2.45) is 11.8 Å². The Morgan fingerprint density at radius 3 is 2.80 bits per heavy atom. The first-order chi connectivity index (χ1) is 14.6. The van der Waals surface area contributed by atoms with Crippen molar-refractivity contribution in [1.29, 1.82) is 0 Å². The highest BCUT2D eigenvalue weighted by Crippen LogP contribution is 2.38. The van der Waals surface area contributed by atoms with Crippen LogP contribution in [0.4, 0.5) is 11.8 Å². The molecule has 0 aliphatic heterocycles. The normalized spacial score (nSPS) is 22.4. The van der Waals surface area contributed by atoms with Crippen molar-refractivity contribution in [3.8, 4) is 10.6 Å². The van der Waals surface area contributed by atoms with E-state index in [-0.39, 0.29) is 6.10 Å².